The van der Waals surface area contributed by atoms with Gasteiger partial charge in [0.15, 0.2) is 5.96 Å². The molecule has 0 amide bonds. The summed E-state index contributed by atoms with van der Waals surface area (Å²) < 4.78 is 16.3. The maximum atomic E-state index is 5.83. The van der Waals surface area contributed by atoms with Crippen molar-refractivity contribution in [2.45, 2.75) is 39.8 Å². The number of hydrogen-bond donors (Lipinski definition) is 2. The van der Waals surface area contributed by atoms with Gasteiger partial charge in [-0.15, -0.1) is 24.0 Å². The highest BCUT2D eigenvalue weighted by Crippen LogP contribution is 2.21. The summed E-state index contributed by atoms with van der Waals surface area (Å²) in [6.45, 7) is 11.2. The third kappa shape index (κ3) is 9.59. The molecule has 150 valence electrons. The molecule has 0 unspecified atom stereocenters. The van der Waals surface area contributed by atoms with E-state index >= 15 is 0 Å². The van der Waals surface area contributed by atoms with Crippen LogP contribution in [0.1, 0.15) is 31.9 Å². The lowest BCUT2D eigenvalue weighted by Crippen LogP contribution is -2.45. The van der Waals surface area contributed by atoms with Crippen LogP contribution in [0.4, 0.5) is 0 Å². The zero-order chi connectivity index (χ0) is 18.7. The van der Waals surface area contributed by atoms with E-state index in [4.69, 9.17) is 14.2 Å². The van der Waals surface area contributed by atoms with E-state index in [0.717, 1.165) is 29.4 Å². The smallest absolute Gasteiger partial charge is 0.191 e. The van der Waals surface area contributed by atoms with Gasteiger partial charge in [-0.2, -0.15) is 0 Å². The van der Waals surface area contributed by atoms with Gasteiger partial charge in [0.2, 0.25) is 0 Å². The van der Waals surface area contributed by atoms with Gasteiger partial charge in [-0.1, -0.05) is 12.1 Å². The normalized spacial score (nSPS) is 11.7. The van der Waals surface area contributed by atoms with Crippen molar-refractivity contribution in [3.8, 4) is 5.75 Å². The predicted octanol–water partition coefficient (Wildman–Crippen LogP) is 3.12. The first kappa shape index (κ1) is 24.9. The van der Waals surface area contributed by atoms with E-state index in [1.807, 2.05) is 26.8 Å². The van der Waals surface area contributed by atoms with Crippen molar-refractivity contribution in [1.82, 2.24) is 10.6 Å². The average molecular weight is 479 g/mol. The second-order valence-corrected chi connectivity index (χ2v) is 6.46. The van der Waals surface area contributed by atoms with Gasteiger partial charge < -0.3 is 24.8 Å². The minimum absolute atomic E-state index is 0. The molecule has 0 saturated heterocycles. The highest BCUT2D eigenvalue weighted by molar-refractivity contribution is 14.0. The molecular formula is C19H34IN3O3. The first-order chi connectivity index (χ1) is 11.9. The van der Waals surface area contributed by atoms with Crippen LogP contribution in [-0.2, 0) is 16.0 Å². The molecule has 0 saturated carbocycles. The summed E-state index contributed by atoms with van der Waals surface area (Å²) in [5.41, 5.74) is 1.95. The van der Waals surface area contributed by atoms with Crippen LogP contribution < -0.4 is 15.4 Å². The number of ether oxygens (including phenoxy) is 3. The van der Waals surface area contributed by atoms with Crippen LogP contribution in [0.25, 0.3) is 0 Å². The Morgan fingerprint density at radius 3 is 2.50 bits per heavy atom. The number of guanidine groups is 1. The Hall–Kier alpha value is -1.06. The number of aryl methyl sites for hydroxylation is 1. The van der Waals surface area contributed by atoms with Crippen molar-refractivity contribution >= 4 is 29.9 Å². The van der Waals surface area contributed by atoms with E-state index in [0.29, 0.717) is 26.3 Å². The molecule has 1 aromatic rings. The monoisotopic (exact) mass is 479 g/mol. The van der Waals surface area contributed by atoms with Crippen molar-refractivity contribution in [2.24, 2.45) is 4.99 Å². The number of rotatable bonds is 10. The van der Waals surface area contributed by atoms with Gasteiger partial charge in [0.1, 0.15) is 12.4 Å². The fourth-order valence-electron chi connectivity index (χ4n) is 2.04. The predicted molar refractivity (Wildman–Crippen MR) is 118 cm³/mol. The molecule has 0 aliphatic carbocycles. The largest absolute Gasteiger partial charge is 0.491 e. The first-order valence-corrected chi connectivity index (χ1v) is 8.70. The number of benzene rings is 1. The minimum atomic E-state index is -0.255. The van der Waals surface area contributed by atoms with Crippen LogP contribution in [-0.4, -0.2) is 52.1 Å². The summed E-state index contributed by atoms with van der Waals surface area (Å²) in [6, 6.07) is 6.17. The number of halogens is 1. The van der Waals surface area contributed by atoms with Crippen LogP contribution in [0.5, 0.6) is 5.75 Å². The summed E-state index contributed by atoms with van der Waals surface area (Å²) in [6.07, 6.45) is 0. The van der Waals surface area contributed by atoms with Gasteiger partial charge in [0.25, 0.3) is 0 Å². The molecule has 0 aliphatic heterocycles. The molecule has 0 atom stereocenters. The minimum Gasteiger partial charge on any atom is -0.491 e. The SMILES string of the molecule is CCNC(=NCc1ccc(C)cc1OCCOC)NCC(C)(C)OC.I. The third-order valence-corrected chi connectivity index (χ3v) is 3.75. The Balaban J connectivity index is 0.00000625. The van der Waals surface area contributed by atoms with E-state index in [1.165, 1.54) is 0 Å². The molecule has 0 spiro atoms. The molecule has 0 radical (unpaired) electrons. The quantitative estimate of drug-likeness (QED) is 0.234. The third-order valence-electron chi connectivity index (χ3n) is 3.75. The summed E-state index contributed by atoms with van der Waals surface area (Å²) in [5.74, 6) is 1.62. The Bertz CT molecular complexity index is 551. The molecule has 2 N–H and O–H groups in total. The zero-order valence-electron chi connectivity index (χ0n) is 16.8. The molecule has 0 aliphatic rings. The van der Waals surface area contributed by atoms with Gasteiger partial charge in [0.05, 0.1) is 18.8 Å². The second kappa shape index (κ2) is 13.2. The van der Waals surface area contributed by atoms with E-state index in [2.05, 4.69) is 34.7 Å². The van der Waals surface area contributed by atoms with Crippen molar-refractivity contribution in [3.05, 3.63) is 29.3 Å². The molecule has 7 heteroatoms. The van der Waals surface area contributed by atoms with E-state index in [9.17, 15) is 0 Å². The maximum Gasteiger partial charge on any atom is 0.191 e. The number of hydrogen-bond acceptors (Lipinski definition) is 4. The standard InChI is InChI=1S/C19H33N3O3.HI/c1-7-20-18(22-14-19(3,4)24-6)21-13-16-9-8-15(2)12-17(16)25-11-10-23-5;/h8-9,12H,7,10-11,13-14H2,1-6H3,(H2,20,21,22);1H. The molecule has 0 heterocycles. The molecule has 1 aromatic carbocycles. The molecule has 0 fully saturated rings. The highest BCUT2D eigenvalue weighted by atomic mass is 127. The number of nitrogens with one attached hydrogen (secondary N) is 2. The molecule has 26 heavy (non-hydrogen) atoms. The summed E-state index contributed by atoms with van der Waals surface area (Å²) in [5, 5.41) is 6.57. The van der Waals surface area contributed by atoms with Gasteiger partial charge in [-0.25, -0.2) is 4.99 Å². The van der Waals surface area contributed by atoms with Crippen LogP contribution in [0, 0.1) is 6.92 Å². The van der Waals surface area contributed by atoms with E-state index in [1.54, 1.807) is 14.2 Å². The van der Waals surface area contributed by atoms with Gasteiger partial charge >= 0.3 is 0 Å². The van der Waals surface area contributed by atoms with Crippen LogP contribution >= 0.6 is 24.0 Å². The van der Waals surface area contributed by atoms with Gasteiger partial charge in [0, 0.05) is 32.9 Å². The molecular weight excluding hydrogens is 445 g/mol. The summed E-state index contributed by atoms with van der Waals surface area (Å²) >= 11 is 0. The molecule has 1 rings (SSSR count). The van der Waals surface area contributed by atoms with Crippen molar-refractivity contribution in [2.75, 3.05) is 40.5 Å². The number of methoxy groups -OCH3 is 2. The zero-order valence-corrected chi connectivity index (χ0v) is 19.2. The van der Waals surface area contributed by atoms with E-state index in [-0.39, 0.29) is 29.6 Å². The highest BCUT2D eigenvalue weighted by Gasteiger charge is 2.16. The lowest BCUT2D eigenvalue weighted by molar-refractivity contribution is 0.0268. The van der Waals surface area contributed by atoms with Crippen molar-refractivity contribution in [3.63, 3.8) is 0 Å². The molecule has 6 nitrogen and oxygen atoms in total. The van der Waals surface area contributed by atoms with Crippen LogP contribution in [0.15, 0.2) is 23.2 Å². The lowest BCUT2D eigenvalue weighted by atomic mass is 10.1. The first-order valence-electron chi connectivity index (χ1n) is 8.70. The topological polar surface area (TPSA) is 64.1 Å². The Kier molecular flexibility index (Phi) is 12.6. The Morgan fingerprint density at radius 2 is 1.88 bits per heavy atom. The summed E-state index contributed by atoms with van der Waals surface area (Å²) in [4.78, 5) is 4.67. The fraction of sp³-hybridized carbons (Fsp3) is 0.632. The molecule has 0 bridgehead atoms. The van der Waals surface area contributed by atoms with Crippen molar-refractivity contribution in [1.29, 1.82) is 0 Å². The van der Waals surface area contributed by atoms with Gasteiger partial charge in [-0.05, 0) is 39.3 Å². The lowest BCUT2D eigenvalue weighted by Gasteiger charge is -2.24. The fourth-order valence-corrected chi connectivity index (χ4v) is 2.04. The van der Waals surface area contributed by atoms with Gasteiger partial charge in [-0.3, -0.25) is 0 Å². The van der Waals surface area contributed by atoms with E-state index < -0.39 is 0 Å². The Labute approximate surface area is 175 Å². The molecule has 0 aromatic heterocycles. The average Bonchev–Trinajstić information content (AvgIpc) is 2.59. The van der Waals surface area contributed by atoms with Crippen LogP contribution in [0.3, 0.4) is 0 Å². The van der Waals surface area contributed by atoms with Crippen LogP contribution in [0.2, 0.25) is 0 Å². The number of nitrogens with zero attached hydrogens (tertiary/aromatic N) is 1. The second-order valence-electron chi connectivity index (χ2n) is 6.46. The Morgan fingerprint density at radius 1 is 1.15 bits per heavy atom. The number of aliphatic imine (C=N–C) groups is 1. The van der Waals surface area contributed by atoms with Crippen molar-refractivity contribution < 1.29 is 14.2 Å². The summed E-state index contributed by atoms with van der Waals surface area (Å²) in [7, 11) is 3.38. The maximum absolute atomic E-state index is 5.83.